The number of amidine groups is 1. The fourth-order valence-corrected chi connectivity index (χ4v) is 2.15. The summed E-state index contributed by atoms with van der Waals surface area (Å²) in [6.07, 6.45) is 2.54. The Hall–Kier alpha value is -1.25. The summed E-state index contributed by atoms with van der Waals surface area (Å²) in [5, 5.41) is 7.61. The van der Waals surface area contributed by atoms with Crippen LogP contribution in [0.15, 0.2) is 22.8 Å². The second kappa shape index (κ2) is 2.16. The number of hydrogen-bond donors (Lipinski definition) is 2. The van der Waals surface area contributed by atoms with Gasteiger partial charge in [-0.1, -0.05) is 13.8 Å². The summed E-state index contributed by atoms with van der Waals surface area (Å²) in [5.41, 5.74) is 5.35. The van der Waals surface area contributed by atoms with Gasteiger partial charge in [0.25, 0.3) is 0 Å². The van der Waals surface area contributed by atoms with Crippen LogP contribution in [0.5, 0.6) is 0 Å². The van der Waals surface area contributed by atoms with Gasteiger partial charge >= 0.3 is 0 Å². The van der Waals surface area contributed by atoms with Crippen LogP contribution in [0.1, 0.15) is 26.0 Å². The van der Waals surface area contributed by atoms with Crippen LogP contribution in [0, 0.1) is 10.8 Å². The summed E-state index contributed by atoms with van der Waals surface area (Å²) in [4.78, 5) is 0. The van der Waals surface area contributed by atoms with Gasteiger partial charge in [-0.25, -0.2) is 0 Å². The second-order valence-electron chi connectivity index (χ2n) is 4.36. The zero-order valence-electron chi connectivity index (χ0n) is 7.92. The van der Waals surface area contributed by atoms with Gasteiger partial charge < -0.3 is 10.2 Å². The molecule has 1 aliphatic carbocycles. The molecule has 0 saturated heterocycles. The minimum atomic E-state index is -0.337. The second-order valence-corrected chi connectivity index (χ2v) is 4.36. The average molecular weight is 178 g/mol. The lowest BCUT2D eigenvalue weighted by Gasteiger charge is -2.15. The van der Waals surface area contributed by atoms with Crippen molar-refractivity contribution in [1.29, 1.82) is 5.41 Å². The van der Waals surface area contributed by atoms with Gasteiger partial charge in [-0.2, -0.15) is 0 Å². The standard InChI is InChI=1S/C10H14N2O/c1-9(2)6-10(9,8(11)12)7-4-3-5-13-7/h3-5H,6H2,1-2H3,(H3,11,12). The Kier molecular flexibility index (Phi) is 1.39. The van der Waals surface area contributed by atoms with Gasteiger partial charge in [-0.15, -0.1) is 0 Å². The third-order valence-electron chi connectivity index (χ3n) is 3.14. The summed E-state index contributed by atoms with van der Waals surface area (Å²) in [6, 6.07) is 3.74. The first kappa shape index (κ1) is 8.35. The largest absolute Gasteiger partial charge is 0.468 e. The van der Waals surface area contributed by atoms with E-state index in [1.54, 1.807) is 6.26 Å². The van der Waals surface area contributed by atoms with Crippen molar-refractivity contribution < 1.29 is 4.42 Å². The van der Waals surface area contributed by atoms with Gasteiger partial charge in [0.2, 0.25) is 0 Å². The molecule has 1 atom stereocenters. The highest BCUT2D eigenvalue weighted by atomic mass is 16.3. The minimum absolute atomic E-state index is 0.0662. The molecule has 13 heavy (non-hydrogen) atoms. The van der Waals surface area contributed by atoms with Gasteiger partial charge in [0.1, 0.15) is 11.6 Å². The summed E-state index contributed by atoms with van der Waals surface area (Å²) in [7, 11) is 0. The molecule has 3 N–H and O–H groups in total. The lowest BCUT2D eigenvalue weighted by Crippen LogP contribution is -2.31. The summed E-state index contributed by atoms with van der Waals surface area (Å²) >= 11 is 0. The lowest BCUT2D eigenvalue weighted by molar-refractivity contribution is 0.448. The Morgan fingerprint density at radius 1 is 1.62 bits per heavy atom. The number of rotatable bonds is 2. The van der Waals surface area contributed by atoms with Gasteiger partial charge in [0.05, 0.1) is 11.7 Å². The van der Waals surface area contributed by atoms with E-state index >= 15 is 0 Å². The van der Waals surface area contributed by atoms with E-state index in [4.69, 9.17) is 15.6 Å². The zero-order valence-corrected chi connectivity index (χ0v) is 7.92. The molecule has 3 nitrogen and oxygen atoms in total. The molecule has 2 rings (SSSR count). The fraction of sp³-hybridized carbons (Fsp3) is 0.500. The topological polar surface area (TPSA) is 63.0 Å². The molecular formula is C10H14N2O. The average Bonchev–Trinajstić information content (AvgIpc) is 2.52. The van der Waals surface area contributed by atoms with Crippen LogP contribution in [0.25, 0.3) is 0 Å². The van der Waals surface area contributed by atoms with E-state index in [0.29, 0.717) is 0 Å². The van der Waals surface area contributed by atoms with E-state index in [0.717, 1.165) is 12.2 Å². The van der Waals surface area contributed by atoms with Gasteiger partial charge in [0.15, 0.2) is 0 Å². The highest BCUT2D eigenvalue weighted by Gasteiger charge is 2.66. The number of hydrogen-bond acceptors (Lipinski definition) is 2. The molecule has 1 aromatic rings. The maximum atomic E-state index is 7.61. The monoisotopic (exact) mass is 178 g/mol. The maximum Gasteiger partial charge on any atom is 0.117 e. The lowest BCUT2D eigenvalue weighted by atomic mass is 9.92. The predicted molar refractivity (Wildman–Crippen MR) is 50.7 cm³/mol. The molecule has 1 aromatic heterocycles. The van der Waals surface area contributed by atoms with E-state index in [1.165, 1.54) is 0 Å². The van der Waals surface area contributed by atoms with Crippen molar-refractivity contribution >= 4 is 5.84 Å². The van der Waals surface area contributed by atoms with Crippen molar-refractivity contribution in [2.24, 2.45) is 11.1 Å². The first-order valence-corrected chi connectivity index (χ1v) is 4.39. The number of nitrogens with one attached hydrogen (secondary N) is 1. The maximum absolute atomic E-state index is 7.61. The Morgan fingerprint density at radius 3 is 2.54 bits per heavy atom. The highest BCUT2D eigenvalue weighted by molar-refractivity contribution is 5.93. The van der Waals surface area contributed by atoms with Crippen molar-refractivity contribution in [1.82, 2.24) is 0 Å². The third-order valence-corrected chi connectivity index (χ3v) is 3.14. The predicted octanol–water partition coefficient (Wildman–Crippen LogP) is 1.88. The van der Waals surface area contributed by atoms with Crippen LogP contribution in [-0.2, 0) is 5.41 Å². The van der Waals surface area contributed by atoms with Crippen LogP contribution in [-0.4, -0.2) is 5.84 Å². The highest BCUT2D eigenvalue weighted by Crippen LogP contribution is 2.64. The van der Waals surface area contributed by atoms with Crippen LogP contribution in [0.2, 0.25) is 0 Å². The Labute approximate surface area is 77.4 Å². The molecule has 0 aliphatic heterocycles. The fourth-order valence-electron chi connectivity index (χ4n) is 2.15. The molecule has 0 amide bonds. The van der Waals surface area contributed by atoms with Crippen molar-refractivity contribution in [2.75, 3.05) is 0 Å². The molecule has 1 unspecified atom stereocenters. The van der Waals surface area contributed by atoms with Gasteiger partial charge in [-0.05, 0) is 24.0 Å². The summed E-state index contributed by atoms with van der Waals surface area (Å²) in [6.45, 7) is 4.22. The van der Waals surface area contributed by atoms with Crippen LogP contribution in [0.3, 0.4) is 0 Å². The quantitative estimate of drug-likeness (QED) is 0.536. The van der Waals surface area contributed by atoms with Crippen molar-refractivity contribution in [3.05, 3.63) is 24.2 Å². The molecule has 0 spiro atoms. The van der Waals surface area contributed by atoms with Crippen LogP contribution >= 0.6 is 0 Å². The molecule has 70 valence electrons. The minimum Gasteiger partial charge on any atom is -0.468 e. The van der Waals surface area contributed by atoms with Crippen molar-refractivity contribution in [3.8, 4) is 0 Å². The van der Waals surface area contributed by atoms with Crippen LogP contribution in [0.4, 0.5) is 0 Å². The van der Waals surface area contributed by atoms with Gasteiger partial charge in [0, 0.05) is 0 Å². The zero-order chi connectivity index (χ0) is 9.69. The van der Waals surface area contributed by atoms with Crippen LogP contribution < -0.4 is 5.73 Å². The van der Waals surface area contributed by atoms with Crippen molar-refractivity contribution in [2.45, 2.75) is 25.7 Å². The normalized spacial score (nSPS) is 30.0. The number of nitrogens with two attached hydrogens (primary N) is 1. The van der Waals surface area contributed by atoms with E-state index in [9.17, 15) is 0 Å². The molecule has 1 saturated carbocycles. The Morgan fingerprint density at radius 2 is 2.23 bits per heavy atom. The summed E-state index contributed by atoms with van der Waals surface area (Å²) < 4.78 is 5.34. The van der Waals surface area contributed by atoms with E-state index in [-0.39, 0.29) is 16.7 Å². The Bertz CT molecular complexity index is 340. The third kappa shape index (κ3) is 0.870. The van der Waals surface area contributed by atoms with E-state index < -0.39 is 0 Å². The van der Waals surface area contributed by atoms with Crippen molar-refractivity contribution in [3.63, 3.8) is 0 Å². The first-order chi connectivity index (χ1) is 6.01. The first-order valence-electron chi connectivity index (χ1n) is 4.39. The molecular weight excluding hydrogens is 164 g/mol. The van der Waals surface area contributed by atoms with Gasteiger partial charge in [-0.3, -0.25) is 5.41 Å². The molecule has 0 radical (unpaired) electrons. The molecule has 0 bridgehead atoms. The molecule has 1 fully saturated rings. The molecule has 1 heterocycles. The van der Waals surface area contributed by atoms with E-state index in [2.05, 4.69) is 13.8 Å². The van der Waals surface area contributed by atoms with E-state index in [1.807, 2.05) is 12.1 Å². The molecule has 1 aliphatic rings. The summed E-state index contributed by atoms with van der Waals surface area (Å²) in [5.74, 6) is 1.04. The number of furan rings is 1. The SMILES string of the molecule is CC1(C)CC1(C(=N)N)c1ccco1. The molecule has 0 aromatic carbocycles. The molecule has 3 heteroatoms. The Balaban J connectivity index is 2.45. The smallest absolute Gasteiger partial charge is 0.117 e.